The summed E-state index contributed by atoms with van der Waals surface area (Å²) in [6, 6.07) is 1.82. The lowest BCUT2D eigenvalue weighted by molar-refractivity contribution is -0.221. The van der Waals surface area contributed by atoms with E-state index in [1.807, 2.05) is 0 Å². The molecule has 2 aliphatic heterocycles. The monoisotopic (exact) mass is 301 g/mol. The van der Waals surface area contributed by atoms with Crippen molar-refractivity contribution in [1.82, 2.24) is 15.3 Å². The maximum Gasteiger partial charge on any atom is 0.490 e. The first-order chi connectivity index (χ1) is 9.83. The Bertz CT molecular complexity index is 543. The van der Waals surface area contributed by atoms with Crippen molar-refractivity contribution in [2.45, 2.75) is 43.6 Å². The molecule has 5 nitrogen and oxygen atoms in total. The summed E-state index contributed by atoms with van der Waals surface area (Å²) in [6.07, 6.45) is -1.66. The maximum atomic E-state index is 12.5. The Morgan fingerprint density at radius 3 is 2.62 bits per heavy atom. The molecule has 0 aromatic carbocycles. The van der Waals surface area contributed by atoms with E-state index >= 15 is 0 Å². The Hall–Kier alpha value is -1.70. The van der Waals surface area contributed by atoms with E-state index in [4.69, 9.17) is 4.74 Å². The molecule has 4 unspecified atom stereocenters. The van der Waals surface area contributed by atoms with E-state index in [2.05, 4.69) is 15.3 Å². The Morgan fingerprint density at radius 2 is 2.05 bits per heavy atom. The summed E-state index contributed by atoms with van der Waals surface area (Å²) in [5, 5.41) is 3.18. The number of ether oxygens (including phenoxy) is 1. The Kier molecular flexibility index (Phi) is 3.16. The number of carbonyl (C=O) groups is 1. The Morgan fingerprint density at radius 1 is 1.43 bits per heavy atom. The van der Waals surface area contributed by atoms with Crippen LogP contribution in [-0.2, 0) is 15.1 Å². The van der Waals surface area contributed by atoms with Crippen LogP contribution in [0.3, 0.4) is 0 Å². The number of carbonyl (C=O) groups excluding carboxylic acids is 1. The largest absolute Gasteiger partial charge is 0.490 e. The van der Waals surface area contributed by atoms with Crippen molar-refractivity contribution in [3.63, 3.8) is 0 Å². The zero-order valence-corrected chi connectivity index (χ0v) is 11.2. The number of nitrogens with zero attached hydrogens (tertiary/aromatic N) is 2. The average molecular weight is 301 g/mol. The summed E-state index contributed by atoms with van der Waals surface area (Å²) in [4.78, 5) is 19.4. The molecular formula is C13H14F3N3O2. The van der Waals surface area contributed by atoms with Gasteiger partial charge >= 0.3 is 12.1 Å². The van der Waals surface area contributed by atoms with Crippen LogP contribution >= 0.6 is 0 Å². The molecule has 3 aliphatic rings. The van der Waals surface area contributed by atoms with E-state index in [-0.39, 0.29) is 12.0 Å². The smallest absolute Gasteiger partial charge is 0.453 e. The van der Waals surface area contributed by atoms with E-state index in [9.17, 15) is 18.0 Å². The topological polar surface area (TPSA) is 64.1 Å². The van der Waals surface area contributed by atoms with Gasteiger partial charge in [0.05, 0.1) is 0 Å². The third kappa shape index (κ3) is 2.27. The third-order valence-corrected chi connectivity index (χ3v) is 4.12. The van der Waals surface area contributed by atoms with Crippen LogP contribution < -0.4 is 5.32 Å². The lowest BCUT2D eigenvalue weighted by Gasteiger charge is -2.58. The fourth-order valence-electron chi connectivity index (χ4n) is 3.34. The normalized spacial score (nSPS) is 35.0. The van der Waals surface area contributed by atoms with Gasteiger partial charge < -0.3 is 4.74 Å². The number of halogens is 3. The molecule has 3 heterocycles. The lowest BCUT2D eigenvalue weighted by Crippen LogP contribution is -2.74. The summed E-state index contributed by atoms with van der Waals surface area (Å²) in [5.74, 6) is -1.99. The van der Waals surface area contributed by atoms with Gasteiger partial charge in [0.25, 0.3) is 0 Å². The van der Waals surface area contributed by atoms with Crippen LogP contribution in [0.25, 0.3) is 0 Å². The predicted octanol–water partition coefficient (Wildman–Crippen LogP) is 1.55. The standard InChI is InChI=1S/C13H14F3N3O2/c1-7-5-8-6-12(19-8,10-17-3-2-4-18-10)9(7)21-11(20)13(14,15)16/h2-4,7-9,19H,5-6H2,1H3. The highest BCUT2D eigenvalue weighted by molar-refractivity contribution is 5.76. The van der Waals surface area contributed by atoms with Crippen molar-refractivity contribution >= 4 is 5.97 Å². The fourth-order valence-corrected chi connectivity index (χ4v) is 3.34. The fraction of sp³-hybridized carbons (Fsp3) is 0.615. The highest BCUT2D eigenvalue weighted by Crippen LogP contribution is 2.48. The van der Waals surface area contributed by atoms with E-state index in [0.717, 1.165) is 0 Å². The van der Waals surface area contributed by atoms with E-state index in [1.165, 1.54) is 12.4 Å². The van der Waals surface area contributed by atoms with Gasteiger partial charge in [-0.1, -0.05) is 6.92 Å². The minimum Gasteiger partial charge on any atom is -0.453 e. The van der Waals surface area contributed by atoms with Crippen LogP contribution in [0.1, 0.15) is 25.6 Å². The van der Waals surface area contributed by atoms with Gasteiger partial charge in [-0.2, -0.15) is 13.2 Å². The predicted molar refractivity (Wildman–Crippen MR) is 65.0 cm³/mol. The number of piperidine rings is 1. The number of esters is 1. The van der Waals surface area contributed by atoms with Crippen molar-refractivity contribution in [2.75, 3.05) is 0 Å². The Balaban J connectivity index is 1.90. The molecule has 0 spiro atoms. The van der Waals surface area contributed by atoms with E-state index in [0.29, 0.717) is 18.7 Å². The van der Waals surface area contributed by atoms with Gasteiger partial charge in [-0.3, -0.25) is 5.32 Å². The van der Waals surface area contributed by atoms with Crippen LogP contribution in [0.5, 0.6) is 0 Å². The summed E-state index contributed by atoms with van der Waals surface area (Å²) < 4.78 is 42.2. The van der Waals surface area contributed by atoms with Crippen LogP contribution in [0.4, 0.5) is 13.2 Å². The van der Waals surface area contributed by atoms with Gasteiger partial charge in [-0.25, -0.2) is 14.8 Å². The molecule has 3 fully saturated rings. The summed E-state index contributed by atoms with van der Waals surface area (Å²) in [6.45, 7) is 1.78. The first-order valence-electron chi connectivity index (χ1n) is 6.66. The van der Waals surface area contributed by atoms with Crippen molar-refractivity contribution in [3.05, 3.63) is 24.3 Å². The first-order valence-corrected chi connectivity index (χ1v) is 6.66. The number of hydrogen-bond acceptors (Lipinski definition) is 5. The third-order valence-electron chi connectivity index (χ3n) is 4.12. The van der Waals surface area contributed by atoms with Gasteiger partial charge in [0.15, 0.2) is 5.82 Å². The molecule has 4 rings (SSSR count). The number of nitrogens with one attached hydrogen (secondary N) is 1. The molecular weight excluding hydrogens is 287 g/mol. The second-order valence-electron chi connectivity index (χ2n) is 5.63. The lowest BCUT2D eigenvalue weighted by atomic mass is 9.64. The van der Waals surface area contributed by atoms with Gasteiger partial charge in [0, 0.05) is 18.4 Å². The van der Waals surface area contributed by atoms with Crippen LogP contribution in [0.2, 0.25) is 0 Å². The van der Waals surface area contributed by atoms with Crippen LogP contribution in [-0.4, -0.2) is 34.3 Å². The molecule has 8 heteroatoms. The number of aromatic nitrogens is 2. The quantitative estimate of drug-likeness (QED) is 0.840. The van der Waals surface area contributed by atoms with E-state index < -0.39 is 23.8 Å². The zero-order valence-electron chi connectivity index (χ0n) is 11.2. The SMILES string of the molecule is CC1CC2CC(c3ncccn3)(N2)C1OC(=O)C(F)(F)F. The zero-order chi connectivity index (χ0) is 15.3. The second-order valence-corrected chi connectivity index (χ2v) is 5.63. The van der Waals surface area contributed by atoms with Crippen molar-refractivity contribution in [1.29, 1.82) is 0 Å². The van der Waals surface area contributed by atoms with Gasteiger partial charge in [-0.05, 0) is 24.8 Å². The second kappa shape index (κ2) is 4.66. The van der Waals surface area contributed by atoms with Gasteiger partial charge in [0.2, 0.25) is 0 Å². The number of fused-ring (bicyclic) bond motifs is 2. The highest BCUT2D eigenvalue weighted by Gasteiger charge is 2.61. The molecule has 1 N–H and O–H groups in total. The summed E-state index contributed by atoms with van der Waals surface area (Å²) in [5.41, 5.74) is -0.912. The summed E-state index contributed by atoms with van der Waals surface area (Å²) in [7, 11) is 0. The molecule has 1 aromatic rings. The number of alkyl halides is 3. The summed E-state index contributed by atoms with van der Waals surface area (Å²) >= 11 is 0. The molecule has 1 saturated carbocycles. The number of rotatable bonds is 2. The number of hydrogen-bond donors (Lipinski definition) is 1. The minimum absolute atomic E-state index is 0.194. The molecule has 1 aromatic heterocycles. The highest BCUT2D eigenvalue weighted by atomic mass is 19.4. The van der Waals surface area contributed by atoms with E-state index in [1.54, 1.807) is 13.0 Å². The Labute approximate surface area is 118 Å². The molecule has 2 bridgehead atoms. The molecule has 21 heavy (non-hydrogen) atoms. The maximum absolute atomic E-state index is 12.5. The molecule has 4 atom stereocenters. The van der Waals surface area contributed by atoms with Crippen LogP contribution in [0, 0.1) is 5.92 Å². The molecule has 0 amide bonds. The molecule has 0 radical (unpaired) electrons. The van der Waals surface area contributed by atoms with Gasteiger partial charge in [-0.15, -0.1) is 0 Å². The van der Waals surface area contributed by atoms with Crippen LogP contribution in [0.15, 0.2) is 18.5 Å². The van der Waals surface area contributed by atoms with Crippen molar-refractivity contribution in [2.24, 2.45) is 5.92 Å². The van der Waals surface area contributed by atoms with Crippen molar-refractivity contribution < 1.29 is 22.7 Å². The minimum atomic E-state index is -5.00. The average Bonchev–Trinajstić information content (AvgIpc) is 2.39. The van der Waals surface area contributed by atoms with Crippen molar-refractivity contribution in [3.8, 4) is 0 Å². The molecule has 1 aliphatic carbocycles. The first kappa shape index (κ1) is 14.2. The molecule has 114 valence electrons. The van der Waals surface area contributed by atoms with Gasteiger partial charge in [0.1, 0.15) is 11.6 Å². The molecule has 2 saturated heterocycles.